The highest BCUT2D eigenvalue weighted by Gasteiger charge is 2.13. The second kappa shape index (κ2) is 4.30. The molecule has 7 heteroatoms. The number of rotatable bonds is 3. The zero-order chi connectivity index (χ0) is 12.5. The number of nitrogens with zero attached hydrogens (tertiary/aromatic N) is 4. The van der Waals surface area contributed by atoms with Crippen LogP contribution in [0.15, 0.2) is 29.0 Å². The maximum atomic E-state index is 5.89. The molecule has 0 atom stereocenters. The number of aromatic nitrogens is 4. The van der Waals surface area contributed by atoms with Gasteiger partial charge in [-0.15, -0.1) is 0 Å². The van der Waals surface area contributed by atoms with Crippen LogP contribution in [-0.4, -0.2) is 27.2 Å². The van der Waals surface area contributed by atoms with Crippen molar-refractivity contribution in [1.82, 2.24) is 20.2 Å². The standard InChI is InChI=1S/C11H10ClN5O/c1-17(6-7-3-2-4-18-7)10-8-5-13-16-9(8)14-11(12)15-10/h2-5H,6H2,1H3,(H,13,14,15,16). The highest BCUT2D eigenvalue weighted by Crippen LogP contribution is 2.24. The molecule has 18 heavy (non-hydrogen) atoms. The Morgan fingerprint density at radius 2 is 2.33 bits per heavy atom. The smallest absolute Gasteiger partial charge is 0.226 e. The van der Waals surface area contributed by atoms with Crippen LogP contribution in [-0.2, 0) is 6.54 Å². The fraction of sp³-hybridized carbons (Fsp3) is 0.182. The van der Waals surface area contributed by atoms with Crippen molar-refractivity contribution in [2.24, 2.45) is 0 Å². The van der Waals surface area contributed by atoms with Crippen LogP contribution in [0.5, 0.6) is 0 Å². The molecule has 3 rings (SSSR count). The first-order valence-corrected chi connectivity index (χ1v) is 5.72. The molecule has 3 aromatic rings. The molecule has 3 heterocycles. The van der Waals surface area contributed by atoms with Crippen LogP contribution >= 0.6 is 11.6 Å². The Labute approximate surface area is 108 Å². The predicted molar refractivity (Wildman–Crippen MR) is 67.5 cm³/mol. The van der Waals surface area contributed by atoms with E-state index >= 15 is 0 Å². The fourth-order valence-electron chi connectivity index (χ4n) is 1.80. The minimum Gasteiger partial charge on any atom is -0.467 e. The Bertz CT molecular complexity index is 663. The Morgan fingerprint density at radius 1 is 1.44 bits per heavy atom. The molecule has 0 radical (unpaired) electrons. The second-order valence-electron chi connectivity index (χ2n) is 3.88. The number of nitrogens with one attached hydrogen (secondary N) is 1. The number of aromatic amines is 1. The van der Waals surface area contributed by atoms with Crippen LogP contribution in [0.1, 0.15) is 5.76 Å². The largest absolute Gasteiger partial charge is 0.467 e. The molecule has 0 aliphatic carbocycles. The zero-order valence-electron chi connectivity index (χ0n) is 9.59. The summed E-state index contributed by atoms with van der Waals surface area (Å²) in [7, 11) is 1.91. The van der Waals surface area contributed by atoms with Crippen molar-refractivity contribution in [1.29, 1.82) is 0 Å². The van der Waals surface area contributed by atoms with Crippen molar-refractivity contribution >= 4 is 28.5 Å². The van der Waals surface area contributed by atoms with Gasteiger partial charge in [0.1, 0.15) is 11.6 Å². The second-order valence-corrected chi connectivity index (χ2v) is 4.22. The van der Waals surface area contributed by atoms with E-state index in [0.717, 1.165) is 17.0 Å². The number of anilines is 1. The topological polar surface area (TPSA) is 70.8 Å². The number of furan rings is 1. The maximum absolute atomic E-state index is 5.89. The number of fused-ring (bicyclic) bond motifs is 1. The summed E-state index contributed by atoms with van der Waals surface area (Å²) in [6.07, 6.45) is 3.32. The van der Waals surface area contributed by atoms with Crippen LogP contribution in [0, 0.1) is 0 Å². The molecule has 0 aliphatic rings. The van der Waals surface area contributed by atoms with Crippen LogP contribution in [0.3, 0.4) is 0 Å². The molecule has 92 valence electrons. The SMILES string of the molecule is CN(Cc1ccco1)c1nc(Cl)nc2[nH]ncc12. The highest BCUT2D eigenvalue weighted by atomic mass is 35.5. The lowest BCUT2D eigenvalue weighted by Crippen LogP contribution is -2.17. The van der Waals surface area contributed by atoms with Crippen LogP contribution in [0.25, 0.3) is 11.0 Å². The first kappa shape index (κ1) is 11.0. The third-order valence-corrected chi connectivity index (χ3v) is 2.77. The van der Waals surface area contributed by atoms with E-state index in [1.165, 1.54) is 0 Å². The Balaban J connectivity index is 2.00. The van der Waals surface area contributed by atoms with Gasteiger partial charge in [0.2, 0.25) is 5.28 Å². The molecule has 0 aliphatic heterocycles. The van der Waals surface area contributed by atoms with Gasteiger partial charge in [0.05, 0.1) is 24.4 Å². The van der Waals surface area contributed by atoms with Crippen LogP contribution < -0.4 is 4.90 Å². The molecule has 0 aromatic carbocycles. The van der Waals surface area contributed by atoms with Gasteiger partial charge in [-0.2, -0.15) is 15.1 Å². The summed E-state index contributed by atoms with van der Waals surface area (Å²) in [5, 5.41) is 7.74. The summed E-state index contributed by atoms with van der Waals surface area (Å²) in [5.41, 5.74) is 0.622. The van der Waals surface area contributed by atoms with Crippen LogP contribution in [0.4, 0.5) is 5.82 Å². The molecule has 6 nitrogen and oxygen atoms in total. The van der Waals surface area contributed by atoms with Gasteiger partial charge in [-0.1, -0.05) is 0 Å². The molecular weight excluding hydrogens is 254 g/mol. The summed E-state index contributed by atoms with van der Waals surface area (Å²) in [4.78, 5) is 10.2. The third kappa shape index (κ3) is 1.91. The minimum absolute atomic E-state index is 0.188. The Morgan fingerprint density at radius 3 is 3.11 bits per heavy atom. The van der Waals surface area contributed by atoms with Gasteiger partial charge in [0, 0.05) is 7.05 Å². The zero-order valence-corrected chi connectivity index (χ0v) is 10.3. The number of hydrogen-bond acceptors (Lipinski definition) is 5. The normalized spacial score (nSPS) is 11.0. The van der Waals surface area contributed by atoms with E-state index in [-0.39, 0.29) is 5.28 Å². The molecule has 0 spiro atoms. The van der Waals surface area contributed by atoms with Gasteiger partial charge in [0.25, 0.3) is 0 Å². The van der Waals surface area contributed by atoms with Gasteiger partial charge in [0.15, 0.2) is 5.65 Å². The molecule has 3 aromatic heterocycles. The summed E-state index contributed by atoms with van der Waals surface area (Å²) in [5.74, 6) is 1.57. The van der Waals surface area contributed by atoms with Gasteiger partial charge in [-0.3, -0.25) is 5.10 Å². The predicted octanol–water partition coefficient (Wildman–Crippen LogP) is 2.24. The van der Waals surface area contributed by atoms with E-state index in [4.69, 9.17) is 16.0 Å². The van der Waals surface area contributed by atoms with Gasteiger partial charge in [-0.05, 0) is 23.7 Å². The molecule has 0 fully saturated rings. The highest BCUT2D eigenvalue weighted by molar-refractivity contribution is 6.28. The van der Waals surface area contributed by atoms with E-state index in [1.54, 1.807) is 12.5 Å². The summed E-state index contributed by atoms with van der Waals surface area (Å²) in [6, 6.07) is 3.76. The molecule has 0 saturated carbocycles. The molecule has 0 unspecified atom stereocenters. The molecule has 0 amide bonds. The molecular formula is C11H10ClN5O. The van der Waals surface area contributed by atoms with E-state index in [2.05, 4.69) is 20.2 Å². The van der Waals surface area contributed by atoms with E-state index < -0.39 is 0 Å². The van der Waals surface area contributed by atoms with Crippen molar-refractivity contribution in [2.75, 3.05) is 11.9 Å². The average molecular weight is 264 g/mol. The van der Waals surface area contributed by atoms with Crippen molar-refractivity contribution in [3.63, 3.8) is 0 Å². The van der Waals surface area contributed by atoms with Crippen molar-refractivity contribution in [3.05, 3.63) is 35.6 Å². The fourth-order valence-corrected chi connectivity index (χ4v) is 1.96. The first-order valence-electron chi connectivity index (χ1n) is 5.34. The maximum Gasteiger partial charge on any atom is 0.226 e. The molecule has 0 saturated heterocycles. The van der Waals surface area contributed by atoms with Crippen LogP contribution in [0.2, 0.25) is 5.28 Å². The van der Waals surface area contributed by atoms with Crippen molar-refractivity contribution in [2.45, 2.75) is 6.54 Å². The van der Waals surface area contributed by atoms with Gasteiger partial charge in [-0.25, -0.2) is 0 Å². The average Bonchev–Trinajstić information content (AvgIpc) is 2.97. The van der Waals surface area contributed by atoms with Gasteiger partial charge < -0.3 is 9.32 Å². The lowest BCUT2D eigenvalue weighted by molar-refractivity contribution is 0.507. The Kier molecular flexibility index (Phi) is 2.64. The molecule has 1 N–H and O–H groups in total. The number of H-pyrrole nitrogens is 1. The number of hydrogen-bond donors (Lipinski definition) is 1. The monoisotopic (exact) mass is 263 g/mol. The van der Waals surface area contributed by atoms with E-state index in [9.17, 15) is 0 Å². The Hall–Kier alpha value is -2.08. The minimum atomic E-state index is 0.188. The molecule has 0 bridgehead atoms. The summed E-state index contributed by atoms with van der Waals surface area (Å²) >= 11 is 5.89. The van der Waals surface area contributed by atoms with Crippen molar-refractivity contribution in [3.8, 4) is 0 Å². The summed E-state index contributed by atoms with van der Waals surface area (Å²) < 4.78 is 5.31. The quantitative estimate of drug-likeness (QED) is 0.734. The number of halogens is 1. The van der Waals surface area contributed by atoms with Crippen molar-refractivity contribution < 1.29 is 4.42 Å². The lowest BCUT2D eigenvalue weighted by atomic mass is 10.3. The van der Waals surface area contributed by atoms with E-state index in [0.29, 0.717) is 12.2 Å². The van der Waals surface area contributed by atoms with E-state index in [1.807, 2.05) is 24.1 Å². The third-order valence-electron chi connectivity index (χ3n) is 2.60. The first-order chi connectivity index (χ1) is 8.74. The summed E-state index contributed by atoms with van der Waals surface area (Å²) in [6.45, 7) is 0.598. The lowest BCUT2D eigenvalue weighted by Gasteiger charge is -2.17. The van der Waals surface area contributed by atoms with Gasteiger partial charge >= 0.3 is 0 Å².